The number of aromatic nitrogens is 2. The van der Waals surface area contributed by atoms with E-state index in [-0.39, 0.29) is 5.75 Å². The third-order valence-corrected chi connectivity index (χ3v) is 2.58. The van der Waals surface area contributed by atoms with Gasteiger partial charge < -0.3 is 9.72 Å². The van der Waals surface area contributed by atoms with Crippen LogP contribution in [0.3, 0.4) is 0 Å². The van der Waals surface area contributed by atoms with Crippen molar-refractivity contribution in [3.63, 3.8) is 0 Å². The lowest BCUT2D eigenvalue weighted by molar-refractivity contribution is -0.274. The van der Waals surface area contributed by atoms with Crippen LogP contribution in [0, 0.1) is 3.57 Å². The average molecular weight is 328 g/mol. The normalized spacial score (nSPS) is 12.0. The zero-order chi connectivity index (χ0) is 11.1. The van der Waals surface area contributed by atoms with Crippen LogP contribution in [-0.2, 0) is 0 Å². The van der Waals surface area contributed by atoms with Gasteiger partial charge in [0.1, 0.15) is 11.4 Å². The van der Waals surface area contributed by atoms with E-state index >= 15 is 0 Å². The van der Waals surface area contributed by atoms with Gasteiger partial charge in [-0.3, -0.25) is 0 Å². The summed E-state index contributed by atoms with van der Waals surface area (Å²) in [6.07, 6.45) is -1.99. The van der Waals surface area contributed by atoms with Gasteiger partial charge in [-0.1, -0.05) is 0 Å². The number of pyridine rings is 1. The van der Waals surface area contributed by atoms with E-state index < -0.39 is 6.36 Å². The van der Waals surface area contributed by atoms with Crippen molar-refractivity contribution in [1.29, 1.82) is 0 Å². The Labute approximate surface area is 95.8 Å². The molecule has 0 aromatic carbocycles. The van der Waals surface area contributed by atoms with Crippen molar-refractivity contribution >= 4 is 33.6 Å². The molecule has 0 fully saturated rings. The predicted molar refractivity (Wildman–Crippen MR) is 55.5 cm³/mol. The first-order valence-corrected chi connectivity index (χ1v) is 4.92. The molecule has 0 saturated heterocycles. The van der Waals surface area contributed by atoms with E-state index in [1.165, 1.54) is 6.07 Å². The minimum Gasteiger partial charge on any atom is -0.404 e. The molecule has 2 aromatic rings. The molecule has 0 aliphatic carbocycles. The Morgan fingerprint density at radius 1 is 1.40 bits per heavy atom. The van der Waals surface area contributed by atoms with Gasteiger partial charge in [-0.2, -0.15) is 0 Å². The molecule has 0 radical (unpaired) electrons. The molecule has 0 atom stereocenters. The molecule has 2 aromatic heterocycles. The van der Waals surface area contributed by atoms with E-state index in [0.29, 0.717) is 11.0 Å². The Hall–Kier alpha value is -0.990. The number of halogens is 4. The summed E-state index contributed by atoms with van der Waals surface area (Å²) in [5.41, 5.74) is 0.536. The molecular formula is C8H4F3IN2O. The van der Waals surface area contributed by atoms with Gasteiger partial charge in [0, 0.05) is 15.2 Å². The van der Waals surface area contributed by atoms with Crippen LogP contribution in [0.5, 0.6) is 5.75 Å². The van der Waals surface area contributed by atoms with Crippen LogP contribution < -0.4 is 4.74 Å². The van der Waals surface area contributed by atoms with Gasteiger partial charge in [-0.15, -0.1) is 13.2 Å². The molecule has 0 aliphatic heterocycles. The van der Waals surface area contributed by atoms with Crippen LogP contribution in [0.4, 0.5) is 13.2 Å². The van der Waals surface area contributed by atoms with Gasteiger partial charge in [0.25, 0.3) is 0 Å². The van der Waals surface area contributed by atoms with Crippen molar-refractivity contribution in [2.45, 2.75) is 6.36 Å². The van der Waals surface area contributed by atoms with Crippen molar-refractivity contribution in [3.05, 3.63) is 22.0 Å². The molecule has 0 unspecified atom stereocenters. The van der Waals surface area contributed by atoms with Crippen molar-refractivity contribution in [1.82, 2.24) is 9.97 Å². The van der Waals surface area contributed by atoms with Crippen molar-refractivity contribution in [2.75, 3.05) is 0 Å². The minimum atomic E-state index is -4.68. The number of ether oxygens (including phenoxy) is 1. The van der Waals surface area contributed by atoms with Gasteiger partial charge in [0.15, 0.2) is 0 Å². The van der Waals surface area contributed by atoms with Crippen LogP contribution >= 0.6 is 22.6 Å². The Morgan fingerprint density at radius 3 is 2.80 bits per heavy atom. The van der Waals surface area contributed by atoms with Crippen LogP contribution in [0.15, 0.2) is 18.5 Å². The Bertz CT molecular complexity index is 494. The maximum Gasteiger partial charge on any atom is 0.573 e. The smallest absolute Gasteiger partial charge is 0.404 e. The van der Waals surface area contributed by atoms with Gasteiger partial charge in [0.05, 0.1) is 6.20 Å². The maximum absolute atomic E-state index is 11.9. The summed E-state index contributed by atoms with van der Waals surface area (Å²) in [7, 11) is 0. The second kappa shape index (κ2) is 3.54. The number of alkyl halides is 3. The zero-order valence-corrected chi connectivity index (χ0v) is 9.26. The van der Waals surface area contributed by atoms with Gasteiger partial charge in [0.2, 0.25) is 0 Å². The quantitative estimate of drug-likeness (QED) is 0.817. The van der Waals surface area contributed by atoms with Crippen molar-refractivity contribution in [3.8, 4) is 5.75 Å². The van der Waals surface area contributed by atoms with Gasteiger partial charge in [-0.05, 0) is 28.7 Å². The summed E-state index contributed by atoms with van der Waals surface area (Å²) >= 11 is 2.00. The van der Waals surface area contributed by atoms with E-state index in [4.69, 9.17) is 0 Å². The first kappa shape index (κ1) is 10.5. The molecule has 3 nitrogen and oxygen atoms in total. The summed E-state index contributed by atoms with van der Waals surface area (Å²) in [6, 6.07) is 1.30. The Balaban J connectivity index is 2.42. The molecule has 0 spiro atoms. The summed E-state index contributed by atoms with van der Waals surface area (Å²) in [4.78, 5) is 6.62. The number of hydrogen-bond acceptors (Lipinski definition) is 2. The lowest BCUT2D eigenvalue weighted by Gasteiger charge is -2.07. The van der Waals surface area contributed by atoms with E-state index in [0.717, 1.165) is 9.77 Å². The zero-order valence-electron chi connectivity index (χ0n) is 7.10. The third-order valence-electron chi connectivity index (χ3n) is 1.69. The molecule has 7 heteroatoms. The fraction of sp³-hybridized carbons (Fsp3) is 0.125. The molecule has 2 rings (SSSR count). The summed E-state index contributed by atoms with van der Waals surface area (Å²) < 4.78 is 40.3. The number of aromatic amines is 1. The second-order valence-electron chi connectivity index (χ2n) is 2.75. The highest BCUT2D eigenvalue weighted by Gasteiger charge is 2.31. The Kier molecular flexibility index (Phi) is 2.49. The van der Waals surface area contributed by atoms with E-state index in [1.807, 2.05) is 22.6 Å². The van der Waals surface area contributed by atoms with Crippen LogP contribution in [0.25, 0.3) is 11.0 Å². The van der Waals surface area contributed by atoms with Gasteiger partial charge >= 0.3 is 6.36 Å². The lowest BCUT2D eigenvalue weighted by atomic mass is 10.3. The molecule has 0 bridgehead atoms. The summed E-state index contributed by atoms with van der Waals surface area (Å²) in [6.45, 7) is 0. The first-order valence-electron chi connectivity index (χ1n) is 3.84. The van der Waals surface area contributed by atoms with E-state index in [2.05, 4.69) is 14.7 Å². The van der Waals surface area contributed by atoms with E-state index in [9.17, 15) is 13.2 Å². The molecule has 80 valence electrons. The van der Waals surface area contributed by atoms with Gasteiger partial charge in [-0.25, -0.2) is 4.98 Å². The summed E-state index contributed by atoms with van der Waals surface area (Å²) in [5.74, 6) is -0.312. The topological polar surface area (TPSA) is 37.9 Å². The number of nitrogens with one attached hydrogen (secondary N) is 1. The first-order chi connectivity index (χ1) is 6.96. The number of fused-ring (bicyclic) bond motifs is 1. The SMILES string of the molecule is FC(F)(F)Oc1cnc2[nH]cc(I)c2c1. The largest absolute Gasteiger partial charge is 0.573 e. The second-order valence-corrected chi connectivity index (χ2v) is 3.91. The molecule has 2 heterocycles. The average Bonchev–Trinajstić information content (AvgIpc) is 2.45. The fourth-order valence-electron chi connectivity index (χ4n) is 1.14. The monoisotopic (exact) mass is 328 g/mol. The maximum atomic E-state index is 11.9. The number of nitrogens with zero attached hydrogens (tertiary/aromatic N) is 1. The molecule has 15 heavy (non-hydrogen) atoms. The molecular weight excluding hydrogens is 324 g/mol. The molecule has 0 aliphatic rings. The van der Waals surface area contributed by atoms with Crippen LogP contribution in [0.2, 0.25) is 0 Å². The number of rotatable bonds is 1. The van der Waals surface area contributed by atoms with Crippen molar-refractivity contribution < 1.29 is 17.9 Å². The van der Waals surface area contributed by atoms with E-state index in [1.54, 1.807) is 6.20 Å². The lowest BCUT2D eigenvalue weighted by Crippen LogP contribution is -2.17. The molecule has 1 N–H and O–H groups in total. The Morgan fingerprint density at radius 2 is 2.13 bits per heavy atom. The molecule has 0 amide bonds. The minimum absolute atomic E-state index is 0.312. The predicted octanol–water partition coefficient (Wildman–Crippen LogP) is 3.07. The van der Waals surface area contributed by atoms with Crippen molar-refractivity contribution in [2.24, 2.45) is 0 Å². The van der Waals surface area contributed by atoms with Crippen LogP contribution in [0.1, 0.15) is 0 Å². The number of hydrogen-bond donors (Lipinski definition) is 1. The molecule has 0 saturated carbocycles. The third kappa shape index (κ3) is 2.33. The highest BCUT2D eigenvalue weighted by Crippen LogP contribution is 2.26. The number of H-pyrrole nitrogens is 1. The fourth-order valence-corrected chi connectivity index (χ4v) is 1.71. The summed E-state index contributed by atoms with van der Waals surface area (Å²) in [5, 5.41) is 0.609. The van der Waals surface area contributed by atoms with Crippen LogP contribution in [-0.4, -0.2) is 16.3 Å². The standard InChI is InChI=1S/C8H4F3IN2O/c9-8(10,11)15-4-1-5-6(12)3-14-7(5)13-2-4/h1-3H,(H,13,14). The highest BCUT2D eigenvalue weighted by atomic mass is 127. The highest BCUT2D eigenvalue weighted by molar-refractivity contribution is 14.1.